The Balaban J connectivity index is 2.29. The first-order valence-corrected chi connectivity index (χ1v) is 6.72. The molecule has 3 nitrogen and oxygen atoms in total. The van der Waals surface area contributed by atoms with Gasteiger partial charge in [-0.2, -0.15) is 0 Å². The van der Waals surface area contributed by atoms with Gasteiger partial charge in [0.2, 0.25) is 0 Å². The Morgan fingerprint density at radius 3 is 2.39 bits per heavy atom. The third kappa shape index (κ3) is 2.78. The fourth-order valence-corrected chi connectivity index (χ4v) is 2.83. The third-order valence-corrected chi connectivity index (χ3v) is 3.93. The van der Waals surface area contributed by atoms with E-state index in [0.29, 0.717) is 11.8 Å². The summed E-state index contributed by atoms with van der Waals surface area (Å²) in [6.45, 7) is 4.48. The summed E-state index contributed by atoms with van der Waals surface area (Å²) in [5.74, 6) is 3.09. The highest BCUT2D eigenvalue weighted by molar-refractivity contribution is 5.40. The Kier molecular flexibility index (Phi) is 4.48. The third-order valence-electron chi connectivity index (χ3n) is 3.93. The van der Waals surface area contributed by atoms with Crippen LogP contribution < -0.4 is 14.8 Å². The van der Waals surface area contributed by atoms with Gasteiger partial charge in [0.25, 0.3) is 0 Å². The monoisotopic (exact) mass is 249 g/mol. The van der Waals surface area contributed by atoms with Crippen LogP contribution in [-0.4, -0.2) is 27.3 Å². The van der Waals surface area contributed by atoms with E-state index in [1.54, 1.807) is 14.2 Å². The van der Waals surface area contributed by atoms with E-state index < -0.39 is 0 Å². The predicted molar refractivity (Wildman–Crippen MR) is 73.6 cm³/mol. The van der Waals surface area contributed by atoms with Gasteiger partial charge in [-0.1, -0.05) is 13.3 Å². The Labute approximate surface area is 109 Å². The van der Waals surface area contributed by atoms with Crippen molar-refractivity contribution in [2.75, 3.05) is 27.3 Å². The van der Waals surface area contributed by atoms with Gasteiger partial charge in [0.05, 0.1) is 14.2 Å². The Morgan fingerprint density at radius 1 is 1.17 bits per heavy atom. The number of benzene rings is 1. The molecule has 1 aliphatic heterocycles. The summed E-state index contributed by atoms with van der Waals surface area (Å²) >= 11 is 0. The van der Waals surface area contributed by atoms with Crippen molar-refractivity contribution in [2.24, 2.45) is 5.92 Å². The Hall–Kier alpha value is -1.22. The van der Waals surface area contributed by atoms with Crippen LogP contribution in [-0.2, 0) is 0 Å². The molecule has 18 heavy (non-hydrogen) atoms. The van der Waals surface area contributed by atoms with Crippen molar-refractivity contribution in [1.29, 1.82) is 0 Å². The lowest BCUT2D eigenvalue weighted by Gasteiger charge is -2.32. The highest BCUT2D eigenvalue weighted by Gasteiger charge is 2.25. The second-order valence-corrected chi connectivity index (χ2v) is 4.91. The Bertz CT molecular complexity index is 370. The number of methoxy groups -OCH3 is 2. The number of ether oxygens (including phenoxy) is 2. The number of nitrogens with one attached hydrogen (secondary N) is 1. The minimum atomic E-state index is 0.611. The molecule has 100 valence electrons. The normalized spacial score (nSPS) is 23.7. The van der Waals surface area contributed by atoms with E-state index in [-0.39, 0.29) is 0 Å². The van der Waals surface area contributed by atoms with E-state index in [2.05, 4.69) is 24.4 Å². The van der Waals surface area contributed by atoms with Crippen molar-refractivity contribution in [2.45, 2.75) is 25.7 Å². The highest BCUT2D eigenvalue weighted by Crippen LogP contribution is 2.36. The molecule has 0 aliphatic carbocycles. The van der Waals surface area contributed by atoms with Crippen molar-refractivity contribution in [3.05, 3.63) is 23.8 Å². The van der Waals surface area contributed by atoms with Gasteiger partial charge >= 0.3 is 0 Å². The molecule has 1 N–H and O–H groups in total. The minimum absolute atomic E-state index is 0.611. The first kappa shape index (κ1) is 13.2. The summed E-state index contributed by atoms with van der Waals surface area (Å²) in [6, 6.07) is 6.24. The molecule has 3 heteroatoms. The second kappa shape index (κ2) is 6.10. The highest BCUT2D eigenvalue weighted by atomic mass is 16.5. The van der Waals surface area contributed by atoms with Crippen LogP contribution >= 0.6 is 0 Å². The molecule has 2 atom stereocenters. The van der Waals surface area contributed by atoms with E-state index >= 15 is 0 Å². The van der Waals surface area contributed by atoms with Crippen LogP contribution in [0.1, 0.15) is 31.2 Å². The quantitative estimate of drug-likeness (QED) is 0.890. The van der Waals surface area contributed by atoms with Gasteiger partial charge in [-0.05, 0) is 49.0 Å². The van der Waals surface area contributed by atoms with Crippen LogP contribution in [0.25, 0.3) is 0 Å². The maximum atomic E-state index is 5.36. The van der Waals surface area contributed by atoms with Crippen molar-refractivity contribution >= 4 is 0 Å². The molecular formula is C15H23NO2. The molecule has 1 saturated heterocycles. The predicted octanol–water partition coefficient (Wildman–Crippen LogP) is 2.81. The zero-order valence-corrected chi connectivity index (χ0v) is 11.5. The van der Waals surface area contributed by atoms with Gasteiger partial charge in [0.1, 0.15) is 11.5 Å². The Morgan fingerprint density at radius 2 is 1.83 bits per heavy atom. The summed E-state index contributed by atoms with van der Waals surface area (Å²) in [7, 11) is 3.41. The van der Waals surface area contributed by atoms with Crippen molar-refractivity contribution < 1.29 is 9.47 Å². The fraction of sp³-hybridized carbons (Fsp3) is 0.600. The molecule has 0 aromatic heterocycles. The average molecular weight is 249 g/mol. The van der Waals surface area contributed by atoms with Crippen molar-refractivity contribution in [3.8, 4) is 11.5 Å². The fourth-order valence-electron chi connectivity index (χ4n) is 2.83. The topological polar surface area (TPSA) is 30.5 Å². The molecule has 2 rings (SSSR count). The van der Waals surface area contributed by atoms with Crippen molar-refractivity contribution in [3.63, 3.8) is 0 Å². The zero-order chi connectivity index (χ0) is 13.0. The number of hydrogen-bond acceptors (Lipinski definition) is 3. The molecule has 0 saturated carbocycles. The van der Waals surface area contributed by atoms with Crippen molar-refractivity contribution in [1.82, 2.24) is 5.32 Å². The zero-order valence-electron chi connectivity index (χ0n) is 11.5. The van der Waals surface area contributed by atoms with Crippen LogP contribution in [0, 0.1) is 5.92 Å². The van der Waals surface area contributed by atoms with Crippen LogP contribution in [0.3, 0.4) is 0 Å². The van der Waals surface area contributed by atoms with E-state index in [1.807, 2.05) is 6.07 Å². The van der Waals surface area contributed by atoms with Gasteiger partial charge in [-0.3, -0.25) is 0 Å². The van der Waals surface area contributed by atoms with Crippen LogP contribution in [0.4, 0.5) is 0 Å². The summed E-state index contributed by atoms with van der Waals surface area (Å²) in [5.41, 5.74) is 1.35. The van der Waals surface area contributed by atoms with Gasteiger partial charge in [0.15, 0.2) is 0 Å². The van der Waals surface area contributed by atoms with Gasteiger partial charge in [-0.25, -0.2) is 0 Å². The summed E-state index contributed by atoms with van der Waals surface area (Å²) in [5, 5.41) is 3.48. The maximum Gasteiger partial charge on any atom is 0.122 e. The van der Waals surface area contributed by atoms with Gasteiger partial charge in [0, 0.05) is 6.07 Å². The smallest absolute Gasteiger partial charge is 0.122 e. The molecule has 1 aromatic rings. The first-order chi connectivity index (χ1) is 8.78. The standard InChI is InChI=1S/C15H23NO2/c1-4-11-10-16-6-5-15(11)12-7-13(17-2)9-14(8-12)18-3/h7-9,11,15-16H,4-6,10H2,1-3H3. The first-order valence-electron chi connectivity index (χ1n) is 6.72. The SMILES string of the molecule is CCC1CNCCC1c1cc(OC)cc(OC)c1. The van der Waals surface area contributed by atoms with E-state index in [4.69, 9.17) is 9.47 Å². The lowest BCUT2D eigenvalue weighted by Crippen LogP contribution is -2.35. The van der Waals surface area contributed by atoms with E-state index in [1.165, 1.54) is 18.4 Å². The summed E-state index contributed by atoms with van der Waals surface area (Å²) in [4.78, 5) is 0. The van der Waals surface area contributed by atoms with Crippen LogP contribution in [0.5, 0.6) is 11.5 Å². The van der Waals surface area contributed by atoms with E-state index in [0.717, 1.165) is 24.6 Å². The van der Waals surface area contributed by atoms with Crippen LogP contribution in [0.2, 0.25) is 0 Å². The molecule has 0 spiro atoms. The molecule has 2 unspecified atom stereocenters. The summed E-state index contributed by atoms with van der Waals surface area (Å²) in [6.07, 6.45) is 2.39. The molecule has 1 aromatic carbocycles. The summed E-state index contributed by atoms with van der Waals surface area (Å²) < 4.78 is 10.7. The minimum Gasteiger partial charge on any atom is -0.497 e. The number of piperidine rings is 1. The van der Waals surface area contributed by atoms with Gasteiger partial charge < -0.3 is 14.8 Å². The lowest BCUT2D eigenvalue weighted by atomic mass is 9.80. The molecule has 1 aliphatic rings. The maximum absolute atomic E-state index is 5.36. The molecule has 0 radical (unpaired) electrons. The number of hydrogen-bond donors (Lipinski definition) is 1. The average Bonchev–Trinajstić information content (AvgIpc) is 2.46. The molecule has 1 fully saturated rings. The second-order valence-electron chi connectivity index (χ2n) is 4.91. The van der Waals surface area contributed by atoms with Gasteiger partial charge in [-0.15, -0.1) is 0 Å². The molecular weight excluding hydrogens is 226 g/mol. The molecule has 0 bridgehead atoms. The van der Waals surface area contributed by atoms with Crippen LogP contribution in [0.15, 0.2) is 18.2 Å². The van der Waals surface area contributed by atoms with E-state index in [9.17, 15) is 0 Å². The lowest BCUT2D eigenvalue weighted by molar-refractivity contribution is 0.315. The largest absolute Gasteiger partial charge is 0.497 e. The molecule has 1 heterocycles. The molecule has 0 amide bonds. The number of rotatable bonds is 4.